The number of hydrogen-bond acceptors (Lipinski definition) is 6. The maximum absolute atomic E-state index is 12.1. The lowest BCUT2D eigenvalue weighted by Crippen LogP contribution is -2.31. The molecule has 0 spiro atoms. The first-order valence-electron chi connectivity index (χ1n) is 7.74. The minimum atomic E-state index is -0.667. The maximum atomic E-state index is 12.1. The Kier molecular flexibility index (Phi) is 6.88. The van der Waals surface area contributed by atoms with Gasteiger partial charge in [-0.2, -0.15) is 5.26 Å². The molecule has 7 nitrogen and oxygen atoms in total. The van der Waals surface area contributed by atoms with Crippen LogP contribution in [0.2, 0.25) is 0 Å². The summed E-state index contributed by atoms with van der Waals surface area (Å²) in [5.41, 5.74) is 0.678. The number of anilines is 1. The zero-order valence-electron chi connectivity index (χ0n) is 14.1. The van der Waals surface area contributed by atoms with Gasteiger partial charge in [-0.3, -0.25) is 9.59 Å². The van der Waals surface area contributed by atoms with Crippen LogP contribution in [-0.2, 0) is 9.53 Å². The van der Waals surface area contributed by atoms with Gasteiger partial charge in [-0.1, -0.05) is 12.1 Å². The molecule has 0 bridgehead atoms. The number of amides is 2. The highest BCUT2D eigenvalue weighted by atomic mass is 32.1. The van der Waals surface area contributed by atoms with Crippen LogP contribution in [0.15, 0.2) is 41.8 Å². The third-order valence-electron chi connectivity index (χ3n) is 3.41. The second-order valence-electron chi connectivity index (χ2n) is 5.31. The van der Waals surface area contributed by atoms with Gasteiger partial charge in [-0.15, -0.1) is 11.3 Å². The second kappa shape index (κ2) is 9.34. The fraction of sp³-hybridized carbons (Fsp3) is 0.222. The molecule has 2 amide bonds. The summed E-state index contributed by atoms with van der Waals surface area (Å²) in [5, 5.41) is 13.0. The number of rotatable bonds is 7. The van der Waals surface area contributed by atoms with Crippen molar-refractivity contribution in [2.45, 2.75) is 6.42 Å². The highest BCUT2D eigenvalue weighted by Crippen LogP contribution is 2.15. The molecule has 0 atom stereocenters. The summed E-state index contributed by atoms with van der Waals surface area (Å²) in [6.45, 7) is -0.135. The van der Waals surface area contributed by atoms with Gasteiger partial charge in [0.2, 0.25) is 0 Å². The lowest BCUT2D eigenvalue weighted by atomic mass is 10.2. The highest BCUT2D eigenvalue weighted by Gasteiger charge is 2.14. The van der Waals surface area contributed by atoms with E-state index in [0.717, 1.165) is 0 Å². The third kappa shape index (κ3) is 5.43. The Balaban J connectivity index is 1.92. The van der Waals surface area contributed by atoms with Crippen molar-refractivity contribution in [1.29, 1.82) is 5.26 Å². The summed E-state index contributed by atoms with van der Waals surface area (Å²) in [6.07, 6.45) is 0.210. The smallest absolute Gasteiger partial charge is 0.338 e. The summed E-state index contributed by atoms with van der Waals surface area (Å²) in [7, 11) is 1.54. The van der Waals surface area contributed by atoms with Crippen molar-refractivity contribution in [3.8, 4) is 6.07 Å². The first-order chi connectivity index (χ1) is 12.5. The zero-order valence-corrected chi connectivity index (χ0v) is 14.9. The maximum Gasteiger partial charge on any atom is 0.338 e. The van der Waals surface area contributed by atoms with Gasteiger partial charge in [0.05, 0.1) is 22.9 Å². The number of ether oxygens (including phenoxy) is 1. The van der Waals surface area contributed by atoms with Crippen LogP contribution in [0.25, 0.3) is 0 Å². The van der Waals surface area contributed by atoms with Crippen molar-refractivity contribution >= 4 is 34.8 Å². The van der Waals surface area contributed by atoms with Crippen molar-refractivity contribution in [3.63, 3.8) is 0 Å². The molecule has 1 N–H and O–H groups in total. The van der Waals surface area contributed by atoms with Gasteiger partial charge in [0.25, 0.3) is 11.8 Å². The molecule has 134 valence electrons. The first-order valence-corrected chi connectivity index (χ1v) is 8.62. The Bertz CT molecular complexity index is 827. The van der Waals surface area contributed by atoms with E-state index in [-0.39, 0.29) is 24.4 Å². The monoisotopic (exact) mass is 371 g/mol. The largest absolute Gasteiger partial charge is 0.452 e. The normalized spacial score (nSPS) is 9.85. The van der Waals surface area contributed by atoms with Crippen LogP contribution in [0, 0.1) is 11.3 Å². The molecule has 8 heteroatoms. The van der Waals surface area contributed by atoms with E-state index in [1.165, 1.54) is 35.4 Å². The fourth-order valence-electron chi connectivity index (χ4n) is 1.99. The van der Waals surface area contributed by atoms with Crippen LogP contribution >= 0.6 is 11.3 Å². The van der Waals surface area contributed by atoms with E-state index in [2.05, 4.69) is 5.32 Å². The van der Waals surface area contributed by atoms with Crippen LogP contribution in [0.4, 0.5) is 5.69 Å². The van der Waals surface area contributed by atoms with E-state index in [9.17, 15) is 14.4 Å². The van der Waals surface area contributed by atoms with Crippen molar-refractivity contribution < 1.29 is 19.1 Å². The van der Waals surface area contributed by atoms with Gasteiger partial charge in [0.15, 0.2) is 6.61 Å². The minimum Gasteiger partial charge on any atom is -0.452 e. The van der Waals surface area contributed by atoms with Crippen LogP contribution in [0.3, 0.4) is 0 Å². The number of thiophene rings is 1. The number of nitrogens with zero attached hydrogens (tertiary/aromatic N) is 2. The van der Waals surface area contributed by atoms with E-state index in [1.807, 2.05) is 6.07 Å². The van der Waals surface area contributed by atoms with Crippen LogP contribution in [0.5, 0.6) is 0 Å². The quantitative estimate of drug-likeness (QED) is 0.754. The first kappa shape index (κ1) is 19.1. The predicted molar refractivity (Wildman–Crippen MR) is 96.9 cm³/mol. The molecular formula is C18H17N3O4S. The predicted octanol–water partition coefficient (Wildman–Crippen LogP) is 2.53. The molecule has 0 unspecified atom stereocenters. The number of nitriles is 1. The molecule has 1 aromatic carbocycles. The lowest BCUT2D eigenvalue weighted by molar-refractivity contribution is -0.133. The Morgan fingerprint density at radius 3 is 2.77 bits per heavy atom. The highest BCUT2D eigenvalue weighted by molar-refractivity contribution is 7.12. The van der Waals surface area contributed by atoms with Gasteiger partial charge in [0, 0.05) is 19.3 Å². The standard InChI is InChI=1S/C18H17N3O4S/c1-21(9-4-8-19)16(22)12-25-18(24)13-5-2-6-14(11-13)20-17(23)15-7-3-10-26-15/h2-3,5-7,10-11H,4,9,12H2,1H3,(H,20,23). The topological polar surface area (TPSA) is 99.5 Å². The van der Waals surface area contributed by atoms with E-state index < -0.39 is 18.5 Å². The second-order valence-corrected chi connectivity index (χ2v) is 6.26. The van der Waals surface area contributed by atoms with Gasteiger partial charge < -0.3 is 15.0 Å². The Morgan fingerprint density at radius 1 is 1.27 bits per heavy atom. The van der Waals surface area contributed by atoms with E-state index >= 15 is 0 Å². The van der Waals surface area contributed by atoms with Crippen molar-refractivity contribution in [3.05, 3.63) is 52.2 Å². The number of likely N-dealkylation sites (N-methyl/N-ethyl adjacent to an activating group) is 1. The molecule has 0 saturated carbocycles. The lowest BCUT2D eigenvalue weighted by Gasteiger charge is -2.15. The molecule has 0 aliphatic heterocycles. The summed E-state index contributed by atoms with van der Waals surface area (Å²) in [6, 6.07) is 11.7. The fourth-order valence-corrected chi connectivity index (χ4v) is 2.61. The Labute approximate surface area is 154 Å². The number of esters is 1. The number of hydrogen-bond donors (Lipinski definition) is 1. The minimum absolute atomic E-state index is 0.210. The summed E-state index contributed by atoms with van der Waals surface area (Å²) in [5.74, 6) is -1.32. The Hall–Kier alpha value is -3.18. The number of carbonyl (C=O) groups excluding carboxylic acids is 3. The van der Waals surface area contributed by atoms with E-state index in [1.54, 1.807) is 29.6 Å². The van der Waals surface area contributed by atoms with Gasteiger partial charge in [-0.25, -0.2) is 4.79 Å². The molecule has 26 heavy (non-hydrogen) atoms. The molecule has 2 aromatic rings. The van der Waals surface area contributed by atoms with Crippen molar-refractivity contribution in [2.75, 3.05) is 25.5 Å². The van der Waals surface area contributed by atoms with Crippen LogP contribution < -0.4 is 5.32 Å². The number of nitrogens with one attached hydrogen (secondary N) is 1. The van der Waals surface area contributed by atoms with E-state index in [0.29, 0.717) is 10.6 Å². The molecule has 1 aromatic heterocycles. The van der Waals surface area contributed by atoms with Crippen molar-refractivity contribution in [2.24, 2.45) is 0 Å². The zero-order chi connectivity index (χ0) is 18.9. The summed E-state index contributed by atoms with van der Waals surface area (Å²) < 4.78 is 5.00. The van der Waals surface area contributed by atoms with E-state index in [4.69, 9.17) is 10.00 Å². The third-order valence-corrected chi connectivity index (χ3v) is 4.28. The van der Waals surface area contributed by atoms with Gasteiger partial charge in [0.1, 0.15) is 0 Å². The molecule has 0 radical (unpaired) electrons. The SMILES string of the molecule is CN(CCC#N)C(=O)COC(=O)c1cccc(NC(=O)c2cccs2)c1. The average Bonchev–Trinajstić information content (AvgIpc) is 3.19. The Morgan fingerprint density at radius 2 is 2.08 bits per heavy atom. The molecule has 0 aliphatic rings. The summed E-state index contributed by atoms with van der Waals surface area (Å²) in [4.78, 5) is 37.8. The van der Waals surface area contributed by atoms with Gasteiger partial charge in [-0.05, 0) is 29.6 Å². The van der Waals surface area contributed by atoms with Crippen molar-refractivity contribution in [1.82, 2.24) is 4.90 Å². The van der Waals surface area contributed by atoms with Crippen LogP contribution in [0.1, 0.15) is 26.5 Å². The number of carbonyl (C=O) groups is 3. The molecular weight excluding hydrogens is 354 g/mol. The average molecular weight is 371 g/mol. The number of benzene rings is 1. The van der Waals surface area contributed by atoms with Gasteiger partial charge >= 0.3 is 5.97 Å². The molecule has 0 saturated heterocycles. The van der Waals surface area contributed by atoms with Crippen LogP contribution in [-0.4, -0.2) is 42.9 Å². The molecule has 0 aliphatic carbocycles. The summed E-state index contributed by atoms with van der Waals surface area (Å²) >= 11 is 1.31. The molecule has 0 fully saturated rings. The molecule has 1 heterocycles. The molecule has 2 rings (SSSR count).